The molecule has 3 atom stereocenters. The van der Waals surface area contributed by atoms with Gasteiger partial charge in [0.25, 0.3) is 11.8 Å². The van der Waals surface area contributed by atoms with Gasteiger partial charge in [-0.15, -0.1) is 11.3 Å². The zero-order valence-electron chi connectivity index (χ0n) is 18.7. The van der Waals surface area contributed by atoms with Gasteiger partial charge in [-0.2, -0.15) is 0 Å². The van der Waals surface area contributed by atoms with Crippen LogP contribution in [-0.4, -0.2) is 66.1 Å². The Morgan fingerprint density at radius 2 is 2.15 bits per heavy atom. The Morgan fingerprint density at radius 1 is 1.30 bits per heavy atom. The molecular weight excluding hydrogens is 444 g/mol. The molecule has 0 saturated carbocycles. The van der Waals surface area contributed by atoms with E-state index in [9.17, 15) is 14.4 Å². The zero-order chi connectivity index (χ0) is 23.4. The van der Waals surface area contributed by atoms with Gasteiger partial charge >= 0.3 is 0 Å². The first-order valence-electron chi connectivity index (χ1n) is 11.1. The number of thiazole rings is 1. The van der Waals surface area contributed by atoms with Crippen LogP contribution < -0.4 is 15.4 Å². The van der Waals surface area contributed by atoms with Crippen LogP contribution in [0.4, 0.5) is 5.69 Å². The van der Waals surface area contributed by atoms with Crippen LogP contribution in [-0.2, 0) is 9.53 Å². The predicted octanol–water partition coefficient (Wildman–Crippen LogP) is 2.69. The topological polar surface area (TPSA) is 110 Å². The van der Waals surface area contributed by atoms with Gasteiger partial charge in [0.1, 0.15) is 24.2 Å². The molecule has 33 heavy (non-hydrogen) atoms. The summed E-state index contributed by atoms with van der Waals surface area (Å²) in [5.41, 5.74) is 2.79. The van der Waals surface area contributed by atoms with Gasteiger partial charge in [0.15, 0.2) is 0 Å². The molecule has 0 unspecified atom stereocenters. The van der Waals surface area contributed by atoms with Crippen molar-refractivity contribution in [2.24, 2.45) is 0 Å². The molecular formula is C23H28N4O5S. The summed E-state index contributed by atoms with van der Waals surface area (Å²) in [4.78, 5) is 43.4. The van der Waals surface area contributed by atoms with Crippen LogP contribution in [0.15, 0.2) is 29.1 Å². The Hall–Kier alpha value is -2.98. The van der Waals surface area contributed by atoms with E-state index in [0.717, 1.165) is 12.8 Å². The number of likely N-dealkylation sites (N-methyl/N-ethyl adjacent to an activating group) is 1. The van der Waals surface area contributed by atoms with Crippen LogP contribution in [0, 0.1) is 0 Å². The molecule has 176 valence electrons. The van der Waals surface area contributed by atoms with E-state index in [1.165, 1.54) is 11.3 Å². The lowest BCUT2D eigenvalue weighted by Gasteiger charge is -2.42. The fourth-order valence-electron chi connectivity index (χ4n) is 4.17. The third-order valence-electron chi connectivity index (χ3n) is 5.92. The van der Waals surface area contributed by atoms with E-state index in [4.69, 9.17) is 9.47 Å². The third kappa shape index (κ3) is 5.33. The molecule has 2 aromatic rings. The number of benzene rings is 1. The van der Waals surface area contributed by atoms with Crippen molar-refractivity contribution in [2.45, 2.75) is 50.9 Å². The molecule has 1 fully saturated rings. The number of hydrogen-bond donors (Lipinski definition) is 2. The van der Waals surface area contributed by atoms with Crippen LogP contribution in [0.5, 0.6) is 5.75 Å². The second-order valence-corrected chi connectivity index (χ2v) is 8.98. The molecule has 4 rings (SSSR count). The molecule has 0 bridgehead atoms. The summed E-state index contributed by atoms with van der Waals surface area (Å²) in [6.07, 6.45) is 2.08. The standard InChI is InChI=1S/C23H28N4O5S/c1-3-8-24-21(28)10-15-5-6-18-20(32-15)11-31-19-7-4-14(9-16(19)23(30)27(18)2)26-22(29)17-12-33-13-25-17/h4,7,9,12-13,15,18,20H,3,5-6,8,10-11H2,1-2H3,(H,24,28)(H,26,29)/t15-,18-,20-/m1/s1. The molecule has 0 radical (unpaired) electrons. The number of nitrogens with one attached hydrogen (secondary N) is 2. The summed E-state index contributed by atoms with van der Waals surface area (Å²) >= 11 is 1.34. The van der Waals surface area contributed by atoms with Crippen LogP contribution >= 0.6 is 11.3 Å². The van der Waals surface area contributed by atoms with E-state index in [1.807, 2.05) is 6.92 Å². The number of amides is 3. The first-order chi connectivity index (χ1) is 16.0. The van der Waals surface area contributed by atoms with Gasteiger partial charge in [-0.1, -0.05) is 6.92 Å². The van der Waals surface area contributed by atoms with Crippen molar-refractivity contribution in [3.8, 4) is 5.75 Å². The minimum Gasteiger partial charge on any atom is -0.490 e. The summed E-state index contributed by atoms with van der Waals surface area (Å²) in [7, 11) is 1.76. The molecule has 9 nitrogen and oxygen atoms in total. The quantitative estimate of drug-likeness (QED) is 0.669. The Balaban J connectivity index is 1.46. The highest BCUT2D eigenvalue weighted by Crippen LogP contribution is 2.32. The summed E-state index contributed by atoms with van der Waals surface area (Å²) in [6, 6.07) is 4.84. The van der Waals surface area contributed by atoms with E-state index < -0.39 is 0 Å². The Morgan fingerprint density at radius 3 is 2.91 bits per heavy atom. The molecule has 2 aliphatic heterocycles. The van der Waals surface area contributed by atoms with Gasteiger partial charge in [-0.25, -0.2) is 4.98 Å². The van der Waals surface area contributed by atoms with E-state index in [0.29, 0.717) is 42.1 Å². The SMILES string of the molecule is CCCNC(=O)C[C@H]1CC[C@@H]2[C@@H](COc3ccc(NC(=O)c4cscn4)cc3C(=O)N2C)O1. The molecule has 0 spiro atoms. The molecule has 1 aromatic carbocycles. The maximum atomic E-state index is 13.3. The van der Waals surface area contributed by atoms with Crippen molar-refractivity contribution in [3.63, 3.8) is 0 Å². The summed E-state index contributed by atoms with van der Waals surface area (Å²) in [6.45, 7) is 2.93. The number of carbonyl (C=O) groups excluding carboxylic acids is 3. The smallest absolute Gasteiger partial charge is 0.275 e. The monoisotopic (exact) mass is 472 g/mol. The molecule has 3 amide bonds. The number of rotatable bonds is 6. The minimum atomic E-state index is -0.335. The number of aromatic nitrogens is 1. The molecule has 2 aliphatic rings. The van der Waals surface area contributed by atoms with Crippen LogP contribution in [0.25, 0.3) is 0 Å². The van der Waals surface area contributed by atoms with Crippen molar-refractivity contribution in [1.29, 1.82) is 0 Å². The lowest BCUT2D eigenvalue weighted by Crippen LogP contribution is -2.54. The number of hydrogen-bond acceptors (Lipinski definition) is 7. The predicted molar refractivity (Wildman–Crippen MR) is 124 cm³/mol. The summed E-state index contributed by atoms with van der Waals surface area (Å²) < 4.78 is 12.2. The molecule has 10 heteroatoms. The molecule has 2 N–H and O–H groups in total. The second kappa shape index (κ2) is 10.3. The normalized spacial score (nSPS) is 22.3. The first kappa shape index (κ1) is 23.2. The van der Waals surface area contributed by atoms with Crippen LogP contribution in [0.3, 0.4) is 0 Å². The average Bonchev–Trinajstić information content (AvgIpc) is 3.36. The van der Waals surface area contributed by atoms with E-state index in [2.05, 4.69) is 15.6 Å². The lowest BCUT2D eigenvalue weighted by molar-refractivity contribution is -0.134. The highest BCUT2D eigenvalue weighted by atomic mass is 32.1. The highest BCUT2D eigenvalue weighted by Gasteiger charge is 2.39. The van der Waals surface area contributed by atoms with E-state index in [-0.39, 0.29) is 42.6 Å². The number of fused-ring (bicyclic) bond motifs is 2. The molecule has 3 heterocycles. The fourth-order valence-corrected chi connectivity index (χ4v) is 4.70. The minimum absolute atomic E-state index is 0.0194. The van der Waals surface area contributed by atoms with Crippen molar-refractivity contribution >= 4 is 34.7 Å². The van der Waals surface area contributed by atoms with Crippen molar-refractivity contribution in [3.05, 3.63) is 40.3 Å². The van der Waals surface area contributed by atoms with Gasteiger partial charge in [0, 0.05) is 24.7 Å². The van der Waals surface area contributed by atoms with E-state index >= 15 is 0 Å². The van der Waals surface area contributed by atoms with Gasteiger partial charge in [0.05, 0.1) is 29.6 Å². The summed E-state index contributed by atoms with van der Waals surface area (Å²) in [5.74, 6) is -0.122. The zero-order valence-corrected chi connectivity index (χ0v) is 19.5. The van der Waals surface area contributed by atoms with Crippen LogP contribution in [0.1, 0.15) is 53.5 Å². The second-order valence-electron chi connectivity index (χ2n) is 8.26. The van der Waals surface area contributed by atoms with Crippen LogP contribution in [0.2, 0.25) is 0 Å². The number of anilines is 1. The Kier molecular flexibility index (Phi) is 7.24. The van der Waals surface area contributed by atoms with Gasteiger partial charge in [-0.05, 0) is 37.5 Å². The number of nitrogens with zero attached hydrogens (tertiary/aromatic N) is 2. The number of carbonyl (C=O) groups is 3. The van der Waals surface area contributed by atoms with Gasteiger partial charge < -0.3 is 25.0 Å². The fraction of sp³-hybridized carbons (Fsp3) is 0.478. The lowest BCUT2D eigenvalue weighted by atomic mass is 9.94. The molecule has 1 saturated heterocycles. The average molecular weight is 473 g/mol. The van der Waals surface area contributed by atoms with Gasteiger partial charge in [0.2, 0.25) is 5.91 Å². The maximum absolute atomic E-state index is 13.3. The van der Waals surface area contributed by atoms with Gasteiger partial charge in [-0.3, -0.25) is 14.4 Å². The van der Waals surface area contributed by atoms with Crippen molar-refractivity contribution in [1.82, 2.24) is 15.2 Å². The first-order valence-corrected chi connectivity index (χ1v) is 12.1. The van der Waals surface area contributed by atoms with Crippen molar-refractivity contribution < 1.29 is 23.9 Å². The number of ether oxygens (including phenoxy) is 2. The largest absolute Gasteiger partial charge is 0.490 e. The maximum Gasteiger partial charge on any atom is 0.275 e. The van der Waals surface area contributed by atoms with E-state index in [1.54, 1.807) is 41.0 Å². The molecule has 0 aliphatic carbocycles. The highest BCUT2D eigenvalue weighted by molar-refractivity contribution is 7.07. The van der Waals surface area contributed by atoms with Crippen molar-refractivity contribution in [2.75, 3.05) is 25.5 Å². The Labute approximate surface area is 196 Å². The summed E-state index contributed by atoms with van der Waals surface area (Å²) in [5, 5.41) is 7.32. The molecule has 1 aromatic heterocycles. The third-order valence-corrected chi connectivity index (χ3v) is 6.51. The Bertz CT molecular complexity index is 1010.